The van der Waals surface area contributed by atoms with E-state index < -0.39 is 23.3 Å². The first-order valence-corrected chi connectivity index (χ1v) is 6.83. The first kappa shape index (κ1) is 15.3. The Labute approximate surface area is 123 Å². The van der Waals surface area contributed by atoms with Crippen LogP contribution in [0.5, 0.6) is 0 Å². The second-order valence-electron chi connectivity index (χ2n) is 5.61. The molecule has 1 aromatic carbocycles. The lowest BCUT2D eigenvalue weighted by atomic mass is 9.87. The number of nitrogens with one attached hydrogen (secondary N) is 1. The molecule has 1 aromatic rings. The highest BCUT2D eigenvalue weighted by molar-refractivity contribution is 5.79. The zero-order valence-corrected chi connectivity index (χ0v) is 12.4. The summed E-state index contributed by atoms with van der Waals surface area (Å²) in [7, 11) is 0. The van der Waals surface area contributed by atoms with Crippen LogP contribution in [0, 0.1) is 0 Å². The number of cyclic esters (lactones) is 1. The second-order valence-corrected chi connectivity index (χ2v) is 5.61. The number of aryl methyl sites for hydroxylation is 1. The molecule has 0 saturated carbocycles. The fourth-order valence-electron chi connectivity index (χ4n) is 2.38. The molecule has 114 valence electrons. The van der Waals surface area contributed by atoms with Crippen molar-refractivity contribution < 1.29 is 19.4 Å². The van der Waals surface area contributed by atoms with Crippen LogP contribution in [0.4, 0.5) is 4.79 Å². The molecule has 1 aliphatic heterocycles. The minimum Gasteiger partial charge on any atom is -0.437 e. The van der Waals surface area contributed by atoms with Gasteiger partial charge in [0.05, 0.1) is 0 Å². The number of amides is 2. The van der Waals surface area contributed by atoms with Gasteiger partial charge in [-0.15, -0.1) is 0 Å². The van der Waals surface area contributed by atoms with Crippen molar-refractivity contribution in [3.63, 3.8) is 0 Å². The van der Waals surface area contributed by atoms with E-state index in [4.69, 9.17) is 4.74 Å². The molecule has 6 nitrogen and oxygen atoms in total. The number of carbonyl (C=O) groups is 2. The summed E-state index contributed by atoms with van der Waals surface area (Å²) in [5.41, 5.74) is 0.662. The maximum atomic E-state index is 11.9. The second kappa shape index (κ2) is 5.37. The normalized spacial score (nSPS) is 28.4. The molecule has 1 saturated heterocycles. The van der Waals surface area contributed by atoms with Crippen LogP contribution in [-0.2, 0) is 16.0 Å². The van der Waals surface area contributed by atoms with Crippen LogP contribution in [0.2, 0.25) is 0 Å². The summed E-state index contributed by atoms with van der Waals surface area (Å²) in [4.78, 5) is 23.0. The van der Waals surface area contributed by atoms with E-state index >= 15 is 0 Å². The highest BCUT2D eigenvalue weighted by Crippen LogP contribution is 2.39. The first-order chi connectivity index (χ1) is 9.76. The lowest BCUT2D eigenvalue weighted by Crippen LogP contribution is -2.60. The molecule has 1 heterocycles. The molecule has 2 atom stereocenters. The summed E-state index contributed by atoms with van der Waals surface area (Å²) in [5, 5.41) is 11.5. The van der Waals surface area contributed by atoms with Crippen LogP contribution in [0.15, 0.2) is 30.3 Å². The lowest BCUT2D eigenvalue weighted by Gasteiger charge is -2.36. The molecule has 2 N–H and O–H groups in total. The summed E-state index contributed by atoms with van der Waals surface area (Å²) in [6.45, 7) is 4.39. The van der Waals surface area contributed by atoms with Crippen LogP contribution in [0.3, 0.4) is 0 Å². The molecule has 0 aliphatic carbocycles. The topological polar surface area (TPSA) is 78.9 Å². The summed E-state index contributed by atoms with van der Waals surface area (Å²) in [6, 6.07) is 9.73. The minimum atomic E-state index is -1.62. The molecule has 0 aromatic heterocycles. The Morgan fingerprint density at radius 1 is 1.33 bits per heavy atom. The van der Waals surface area contributed by atoms with E-state index in [1.54, 1.807) is 6.92 Å². The van der Waals surface area contributed by atoms with Crippen LogP contribution in [-0.4, -0.2) is 33.4 Å². The standard InChI is InChI=1S/C15H20N2O4/c1-11(18)16-17-13(19)21-14(2,15(17,3)20)10-9-12-7-5-4-6-8-12/h4-8,20H,9-10H2,1-3H3,(H,16,18)/t14-,15+/m0/s1. The number of hydrogen-bond donors (Lipinski definition) is 2. The Balaban J connectivity index is 2.14. The fraction of sp³-hybridized carbons (Fsp3) is 0.467. The monoisotopic (exact) mass is 292 g/mol. The third-order valence-electron chi connectivity index (χ3n) is 3.94. The Hall–Kier alpha value is -2.08. The van der Waals surface area contributed by atoms with E-state index in [0.29, 0.717) is 12.8 Å². The molecular formula is C15H20N2O4. The van der Waals surface area contributed by atoms with Gasteiger partial charge in [0.2, 0.25) is 5.91 Å². The van der Waals surface area contributed by atoms with Crippen molar-refractivity contribution in [2.24, 2.45) is 0 Å². The van der Waals surface area contributed by atoms with E-state index in [9.17, 15) is 14.7 Å². The highest BCUT2D eigenvalue weighted by Gasteiger charge is 2.59. The molecule has 0 spiro atoms. The van der Waals surface area contributed by atoms with Crippen molar-refractivity contribution in [2.45, 2.75) is 44.9 Å². The SMILES string of the molecule is CC(=O)NN1C(=O)O[C@@](C)(CCc2ccccc2)[C@@]1(C)O. The molecule has 1 aliphatic rings. The first-order valence-electron chi connectivity index (χ1n) is 6.83. The van der Waals surface area contributed by atoms with Gasteiger partial charge >= 0.3 is 6.09 Å². The van der Waals surface area contributed by atoms with Gasteiger partial charge in [-0.25, -0.2) is 4.79 Å². The maximum Gasteiger partial charge on any atom is 0.432 e. The summed E-state index contributed by atoms with van der Waals surface area (Å²) < 4.78 is 5.32. The van der Waals surface area contributed by atoms with E-state index in [-0.39, 0.29) is 0 Å². The van der Waals surface area contributed by atoms with Gasteiger partial charge in [-0.3, -0.25) is 10.2 Å². The van der Waals surface area contributed by atoms with Gasteiger partial charge in [0.25, 0.3) is 0 Å². The summed E-state index contributed by atoms with van der Waals surface area (Å²) >= 11 is 0. The smallest absolute Gasteiger partial charge is 0.432 e. The molecule has 2 rings (SSSR count). The van der Waals surface area contributed by atoms with Crippen LogP contribution in [0.1, 0.15) is 32.8 Å². The molecule has 1 fully saturated rings. The number of ether oxygens (including phenoxy) is 1. The third kappa shape index (κ3) is 2.85. The molecule has 2 amide bonds. The van der Waals surface area contributed by atoms with E-state index in [1.807, 2.05) is 30.3 Å². The number of hydrazine groups is 1. The van der Waals surface area contributed by atoms with Gasteiger partial charge in [0.15, 0.2) is 11.3 Å². The van der Waals surface area contributed by atoms with Crippen molar-refractivity contribution in [3.05, 3.63) is 35.9 Å². The van der Waals surface area contributed by atoms with Crippen LogP contribution >= 0.6 is 0 Å². The number of rotatable bonds is 4. The van der Waals surface area contributed by atoms with E-state index in [1.165, 1.54) is 13.8 Å². The minimum absolute atomic E-state index is 0.436. The van der Waals surface area contributed by atoms with Crippen molar-refractivity contribution in [1.82, 2.24) is 10.4 Å². The van der Waals surface area contributed by atoms with Crippen molar-refractivity contribution >= 4 is 12.0 Å². The van der Waals surface area contributed by atoms with E-state index in [0.717, 1.165) is 10.6 Å². The summed E-state index contributed by atoms with van der Waals surface area (Å²) in [6.07, 6.45) is 0.325. The lowest BCUT2D eigenvalue weighted by molar-refractivity contribution is -0.159. The third-order valence-corrected chi connectivity index (χ3v) is 3.94. The molecule has 0 radical (unpaired) electrons. The van der Waals surface area contributed by atoms with Gasteiger partial charge in [-0.1, -0.05) is 30.3 Å². The predicted molar refractivity (Wildman–Crippen MR) is 75.9 cm³/mol. The molecular weight excluding hydrogens is 272 g/mol. The fourth-order valence-corrected chi connectivity index (χ4v) is 2.38. The maximum absolute atomic E-state index is 11.9. The van der Waals surface area contributed by atoms with Crippen LogP contribution < -0.4 is 5.43 Å². The van der Waals surface area contributed by atoms with Crippen molar-refractivity contribution in [1.29, 1.82) is 0 Å². The Morgan fingerprint density at radius 2 is 1.95 bits per heavy atom. The van der Waals surface area contributed by atoms with Gasteiger partial charge < -0.3 is 9.84 Å². The molecule has 6 heteroatoms. The van der Waals surface area contributed by atoms with Gasteiger partial charge in [-0.2, -0.15) is 5.01 Å². The Morgan fingerprint density at radius 3 is 2.52 bits per heavy atom. The van der Waals surface area contributed by atoms with Crippen LogP contribution in [0.25, 0.3) is 0 Å². The average molecular weight is 292 g/mol. The van der Waals surface area contributed by atoms with Gasteiger partial charge in [0.1, 0.15) is 0 Å². The molecule has 21 heavy (non-hydrogen) atoms. The number of nitrogens with zero attached hydrogens (tertiary/aromatic N) is 1. The van der Waals surface area contributed by atoms with Crippen molar-refractivity contribution in [3.8, 4) is 0 Å². The number of hydrogen-bond acceptors (Lipinski definition) is 4. The number of carbonyl (C=O) groups excluding carboxylic acids is 2. The summed E-state index contributed by atoms with van der Waals surface area (Å²) in [5.74, 6) is -0.445. The number of aliphatic hydroxyl groups is 1. The largest absolute Gasteiger partial charge is 0.437 e. The zero-order valence-electron chi connectivity index (χ0n) is 12.4. The van der Waals surface area contributed by atoms with E-state index in [2.05, 4.69) is 5.43 Å². The van der Waals surface area contributed by atoms with Gasteiger partial charge in [-0.05, 0) is 32.3 Å². The Kier molecular flexibility index (Phi) is 3.91. The molecule has 0 bridgehead atoms. The average Bonchev–Trinajstić information content (AvgIpc) is 2.58. The number of benzene rings is 1. The van der Waals surface area contributed by atoms with Gasteiger partial charge in [0, 0.05) is 6.92 Å². The molecule has 0 unspecified atom stereocenters. The quantitative estimate of drug-likeness (QED) is 0.883. The Bertz CT molecular complexity index is 544. The highest BCUT2D eigenvalue weighted by atomic mass is 16.6. The predicted octanol–water partition coefficient (Wildman–Crippen LogP) is 1.59. The zero-order chi connectivity index (χ0) is 15.7. The van der Waals surface area contributed by atoms with Crippen molar-refractivity contribution in [2.75, 3.05) is 0 Å².